The number of sulfonamides is 1. The number of benzene rings is 2. The quantitative estimate of drug-likeness (QED) is 0.0460. The number of halogens is 11. The molecule has 0 spiro atoms. The van der Waals surface area contributed by atoms with Crippen LogP contribution < -0.4 is 14.9 Å². The number of amides is 3. The Kier molecular flexibility index (Phi) is 15.6. The van der Waals surface area contributed by atoms with Crippen molar-refractivity contribution in [2.24, 2.45) is 5.92 Å². The fourth-order valence-corrected chi connectivity index (χ4v) is 9.94. The molecule has 32 heteroatoms. The van der Waals surface area contributed by atoms with E-state index in [9.17, 15) is 81.0 Å². The maximum atomic E-state index is 15.6. The summed E-state index contributed by atoms with van der Waals surface area (Å²) in [6.45, 7) is -1.09. The maximum Gasteiger partial charge on any atom is 0.435 e. The Balaban J connectivity index is 1.46. The largest absolute Gasteiger partial charge is 0.481 e. The second-order valence-corrected chi connectivity index (χ2v) is 23.5. The summed E-state index contributed by atoms with van der Waals surface area (Å²) in [5.41, 5.74) is -6.65. The number of carbonyl (C=O) groups excluding carboxylic acids is 3. The molecule has 1 saturated carbocycles. The van der Waals surface area contributed by atoms with E-state index in [-0.39, 0.29) is 43.5 Å². The minimum atomic E-state index is -5.27. The van der Waals surface area contributed by atoms with Gasteiger partial charge in [-0.15, -0.1) is 0 Å². The van der Waals surface area contributed by atoms with Crippen LogP contribution >= 0.6 is 11.6 Å². The number of alkyl halides is 8. The van der Waals surface area contributed by atoms with E-state index in [1.165, 1.54) is 13.8 Å². The van der Waals surface area contributed by atoms with Gasteiger partial charge in [0.15, 0.2) is 21.3 Å². The van der Waals surface area contributed by atoms with Gasteiger partial charge < -0.3 is 20.8 Å². The van der Waals surface area contributed by atoms with Crippen LogP contribution in [0.5, 0.6) is 0 Å². The van der Waals surface area contributed by atoms with E-state index in [0.29, 0.717) is 12.3 Å². The van der Waals surface area contributed by atoms with Crippen LogP contribution in [-0.2, 0) is 75.4 Å². The fourth-order valence-electron chi connectivity index (χ4n) is 8.63. The van der Waals surface area contributed by atoms with Crippen molar-refractivity contribution in [3.05, 3.63) is 105 Å². The number of carbonyl (C=O) groups is 5. The van der Waals surface area contributed by atoms with Gasteiger partial charge in [-0.25, -0.2) is 35.4 Å². The van der Waals surface area contributed by atoms with E-state index in [1.54, 1.807) is 5.32 Å². The Hall–Kier alpha value is -7.59. The van der Waals surface area contributed by atoms with Crippen LogP contribution in [0.4, 0.5) is 49.7 Å². The summed E-state index contributed by atoms with van der Waals surface area (Å²) in [6.07, 6.45) is -11.1. The molecule has 19 nitrogen and oxygen atoms in total. The first-order valence-corrected chi connectivity index (χ1v) is 26.7. The third kappa shape index (κ3) is 12.6. The monoisotopic (exact) mass is 1180 g/mol. The average molecular weight is 1180 g/mol. The van der Waals surface area contributed by atoms with Crippen molar-refractivity contribution in [1.82, 2.24) is 35.2 Å². The molecule has 2 aliphatic rings. The molecule has 0 saturated heterocycles. The van der Waals surface area contributed by atoms with Crippen LogP contribution in [0, 0.1) is 29.4 Å². The van der Waals surface area contributed by atoms with E-state index in [0.717, 1.165) is 42.7 Å². The van der Waals surface area contributed by atoms with Crippen molar-refractivity contribution >= 4 is 77.8 Å². The maximum absolute atomic E-state index is 15.6. The first-order chi connectivity index (χ1) is 36.3. The molecule has 0 aliphatic heterocycles. The number of sulfone groups is 1. The van der Waals surface area contributed by atoms with Crippen LogP contribution in [0.25, 0.3) is 22.0 Å². The normalized spacial score (nSPS) is 16.8. The Morgan fingerprint density at radius 2 is 1.54 bits per heavy atom. The first kappa shape index (κ1) is 59.1. The second kappa shape index (κ2) is 20.9. The molecular formula is C47H39ClF10N8O11S2. The standard InChI is InChI=1S/C47H39ClF10N8O11S2/c1-44(2,78(3,74)75)12-11-24-5-6-25(38(59-24)30(15-21-13-22(49)16-23(50)14-21)60-33(68)19-64-41-36(40(62-64)47(56,57)58)27-17-28(27)46(41,54)55)26-7-8-29(48)37-39(26)65(20-45(51,52)53)63-42(37)66(79(4,76)77)34(69)10-9-32(67)61-31(43(72)73)18-35(70)71/h5-10,13-14,16,27-28,30-31H,15,17-20H2,1-4H3,(H,60,68)(H,61,67)(H,70,71)(H,72,73)/b10-9+/t27-,28+,30-,31-/m0/s1. The van der Waals surface area contributed by atoms with Crippen molar-refractivity contribution < 1.29 is 94.9 Å². The Labute approximate surface area is 444 Å². The molecule has 4 N–H and O–H groups in total. The second-order valence-electron chi connectivity index (χ2n) is 18.7. The molecule has 7 rings (SSSR count). The smallest absolute Gasteiger partial charge is 0.435 e. The van der Waals surface area contributed by atoms with E-state index >= 15 is 8.78 Å². The van der Waals surface area contributed by atoms with Gasteiger partial charge in [0, 0.05) is 47.1 Å². The number of aromatic nitrogens is 5. The predicted octanol–water partition coefficient (Wildman–Crippen LogP) is 6.18. The van der Waals surface area contributed by atoms with Gasteiger partial charge in [0.2, 0.25) is 21.8 Å². The van der Waals surface area contributed by atoms with Crippen molar-refractivity contribution in [3.63, 3.8) is 0 Å². The van der Waals surface area contributed by atoms with Crippen molar-refractivity contribution in [3.8, 4) is 23.0 Å². The SMILES string of the molecule is CC(C)(C#Cc1ccc(-c2ccc(Cl)c3c(N(C(=O)/C=C/C(=O)N[C@@H](CC(=O)O)C(=O)O)S(C)(=O)=O)nn(CC(F)(F)F)c23)c([C@H](Cc2cc(F)cc(F)c2)NC(=O)Cn2nc(C(F)(F)F)c3c2C(F)(F)[C@@H]2C[C@H]32)n1)S(C)(=O)=O. The summed E-state index contributed by atoms with van der Waals surface area (Å²) in [6, 6.07) is 2.09. The summed E-state index contributed by atoms with van der Waals surface area (Å²) >= 11 is 6.60. The van der Waals surface area contributed by atoms with Crippen LogP contribution in [-0.4, -0.2) is 111 Å². The van der Waals surface area contributed by atoms with Crippen LogP contribution in [0.15, 0.2) is 54.6 Å². The lowest BCUT2D eigenvalue weighted by atomic mass is 9.93. The van der Waals surface area contributed by atoms with E-state index in [4.69, 9.17) is 16.7 Å². The van der Waals surface area contributed by atoms with Gasteiger partial charge >= 0.3 is 24.3 Å². The Morgan fingerprint density at radius 3 is 2.11 bits per heavy atom. The fraction of sp³-hybridized carbons (Fsp3) is 0.362. The molecule has 5 aromatic rings. The molecule has 79 heavy (non-hydrogen) atoms. The Bertz CT molecular complexity index is 3700. The number of anilines is 1. The summed E-state index contributed by atoms with van der Waals surface area (Å²) in [5, 5.41) is 28.2. The first-order valence-electron chi connectivity index (χ1n) is 22.6. The minimum absolute atomic E-state index is 0.125. The number of hydrogen-bond acceptors (Lipinski definition) is 12. The summed E-state index contributed by atoms with van der Waals surface area (Å²) in [5.74, 6) is -13.4. The van der Waals surface area contributed by atoms with Gasteiger partial charge in [-0.3, -0.25) is 28.5 Å². The highest BCUT2D eigenvalue weighted by molar-refractivity contribution is 7.93. The number of carboxylic acid groups (broad SMARTS) is 2. The molecule has 2 aromatic carbocycles. The van der Waals surface area contributed by atoms with Gasteiger partial charge in [0.1, 0.15) is 46.9 Å². The molecule has 422 valence electrons. The number of aliphatic carboxylic acids is 2. The molecule has 0 bridgehead atoms. The molecule has 4 atom stereocenters. The number of fused-ring (bicyclic) bond motifs is 4. The number of nitrogens with one attached hydrogen (secondary N) is 2. The lowest BCUT2D eigenvalue weighted by molar-refractivity contribution is -0.146. The molecule has 0 unspecified atom stereocenters. The topological polar surface area (TPSA) is 270 Å². The average Bonchev–Trinajstić information content (AvgIpc) is 2.91. The lowest BCUT2D eigenvalue weighted by Gasteiger charge is -2.23. The van der Waals surface area contributed by atoms with Crippen LogP contribution in [0.2, 0.25) is 5.02 Å². The van der Waals surface area contributed by atoms with Gasteiger partial charge in [-0.2, -0.15) is 49.6 Å². The van der Waals surface area contributed by atoms with Gasteiger partial charge in [-0.05, 0) is 74.4 Å². The number of pyridine rings is 1. The van der Waals surface area contributed by atoms with E-state index < -0.39 is 190 Å². The van der Waals surface area contributed by atoms with Crippen molar-refractivity contribution in [1.29, 1.82) is 0 Å². The van der Waals surface area contributed by atoms with Gasteiger partial charge in [-0.1, -0.05) is 23.6 Å². The number of nitrogens with zero attached hydrogens (tertiary/aromatic N) is 6. The third-order valence-electron chi connectivity index (χ3n) is 12.4. The number of carboxylic acids is 2. The van der Waals surface area contributed by atoms with Gasteiger partial charge in [0.25, 0.3) is 11.8 Å². The molecule has 2 aliphatic carbocycles. The Morgan fingerprint density at radius 1 is 0.911 bits per heavy atom. The van der Waals surface area contributed by atoms with Crippen LogP contribution in [0.1, 0.15) is 72.6 Å². The lowest BCUT2D eigenvalue weighted by Crippen LogP contribution is -2.41. The molecular weight excluding hydrogens is 1140 g/mol. The molecule has 3 amide bonds. The van der Waals surface area contributed by atoms with Crippen molar-refractivity contribution in [2.45, 2.75) is 87.2 Å². The predicted molar refractivity (Wildman–Crippen MR) is 256 cm³/mol. The summed E-state index contributed by atoms with van der Waals surface area (Å²) < 4.78 is 198. The zero-order valence-corrected chi connectivity index (χ0v) is 43.2. The van der Waals surface area contributed by atoms with Crippen molar-refractivity contribution in [2.75, 3.05) is 16.8 Å². The molecule has 1 fully saturated rings. The highest BCUT2D eigenvalue weighted by Crippen LogP contribution is 2.68. The van der Waals surface area contributed by atoms with E-state index in [1.807, 2.05) is 0 Å². The van der Waals surface area contributed by atoms with Gasteiger partial charge in [0.05, 0.1) is 40.3 Å². The summed E-state index contributed by atoms with van der Waals surface area (Å²) in [7, 11) is -9.04. The minimum Gasteiger partial charge on any atom is -0.481 e. The zero-order valence-electron chi connectivity index (χ0n) is 40.8. The summed E-state index contributed by atoms with van der Waals surface area (Å²) in [4.78, 5) is 67.7. The van der Waals surface area contributed by atoms with E-state index in [2.05, 4.69) is 32.3 Å². The molecule has 3 aromatic heterocycles. The third-order valence-corrected chi connectivity index (χ3v) is 15.7. The van der Waals surface area contributed by atoms with Crippen LogP contribution in [0.3, 0.4) is 0 Å². The zero-order chi connectivity index (χ0) is 58.9. The highest BCUT2D eigenvalue weighted by atomic mass is 35.5. The number of hydrogen-bond donors (Lipinski definition) is 4. The molecule has 0 radical (unpaired) electrons. The molecule has 3 heterocycles. The highest BCUT2D eigenvalue weighted by Gasteiger charge is 2.68. The number of rotatable bonds is 17.